The molecule has 0 spiro atoms. The molecule has 1 aromatic carbocycles. The molecule has 56 valence electrons. The molecule has 1 aromatic rings. The van der Waals surface area contributed by atoms with Gasteiger partial charge in [0.1, 0.15) is 5.75 Å². The second-order valence-corrected chi connectivity index (χ2v) is 1.85. The first-order valence-electron chi connectivity index (χ1n) is 2.72. The maximum absolute atomic E-state index is 10.2. The van der Waals surface area contributed by atoms with E-state index >= 15 is 0 Å². The van der Waals surface area contributed by atoms with E-state index in [1.807, 2.05) is 0 Å². The van der Waals surface area contributed by atoms with E-state index in [2.05, 4.69) is 0 Å². The molecule has 3 nitrogen and oxygen atoms in total. The predicted octanol–water partition coefficient (Wildman–Crippen LogP) is 0.935. The zero-order chi connectivity index (χ0) is 7.56. The second-order valence-electron chi connectivity index (χ2n) is 1.85. The fraction of sp³-hybridized carbons (Fsp3) is 0. The van der Waals surface area contributed by atoms with Crippen LogP contribution in [0.1, 0.15) is 13.2 Å². The van der Waals surface area contributed by atoms with Crippen LogP contribution in [0.25, 0.3) is 0 Å². The minimum absolute atomic E-state index is 0. The summed E-state index contributed by atoms with van der Waals surface area (Å²) in [5.74, 6) is -0.912. The Morgan fingerprint density at radius 1 is 1.27 bits per heavy atom. The SMILES string of the molecule is O=C(O)c1ccc(O)cc1.[Ba+2].[H-].[H-]. The quantitative estimate of drug-likeness (QED) is 0.751. The molecule has 0 saturated heterocycles. The van der Waals surface area contributed by atoms with Gasteiger partial charge >= 0.3 is 54.9 Å². The van der Waals surface area contributed by atoms with Crippen molar-refractivity contribution in [3.05, 3.63) is 29.8 Å². The zero-order valence-electron chi connectivity index (χ0n) is 7.82. The molecule has 0 aliphatic rings. The Kier molecular flexibility index (Phi) is 4.87. The van der Waals surface area contributed by atoms with Gasteiger partial charge in [-0.2, -0.15) is 0 Å². The summed E-state index contributed by atoms with van der Waals surface area (Å²) in [5.41, 5.74) is 0.179. The molecule has 0 saturated carbocycles. The summed E-state index contributed by atoms with van der Waals surface area (Å²) in [6.45, 7) is 0. The first kappa shape index (κ1) is 11.1. The summed E-state index contributed by atoms with van der Waals surface area (Å²) in [4.78, 5) is 10.2. The van der Waals surface area contributed by atoms with E-state index in [1.165, 1.54) is 24.3 Å². The van der Waals surface area contributed by atoms with Crippen LogP contribution in [-0.4, -0.2) is 65.1 Å². The maximum Gasteiger partial charge on any atom is 2.00 e. The Hall–Kier alpha value is 0.0614. The number of rotatable bonds is 1. The molecule has 0 aliphatic carbocycles. The summed E-state index contributed by atoms with van der Waals surface area (Å²) in [6, 6.07) is 5.36. The Labute approximate surface area is 107 Å². The standard InChI is InChI=1S/C7H6O3.Ba.2H/c8-6-3-1-5(2-4-6)7(9)10;;;/h1-4,8H,(H,9,10);;;/q;+2;2*-1. The smallest absolute Gasteiger partial charge is 1.00 e. The number of aromatic hydroxyl groups is 1. The minimum Gasteiger partial charge on any atom is -1.00 e. The molecule has 0 bridgehead atoms. The fourth-order valence-corrected chi connectivity index (χ4v) is 0.604. The van der Waals surface area contributed by atoms with Crippen molar-refractivity contribution in [3.63, 3.8) is 0 Å². The number of carbonyl (C=O) groups is 1. The Morgan fingerprint density at radius 3 is 2.09 bits per heavy atom. The van der Waals surface area contributed by atoms with Crippen molar-refractivity contribution in [2.45, 2.75) is 0 Å². The van der Waals surface area contributed by atoms with Gasteiger partial charge in [-0.3, -0.25) is 0 Å². The molecule has 11 heavy (non-hydrogen) atoms. The molecule has 0 heterocycles. The molecule has 4 heteroatoms. The minimum atomic E-state index is -0.986. The predicted molar refractivity (Wildman–Crippen MR) is 43.0 cm³/mol. The molecule has 0 aromatic heterocycles. The molecule has 0 amide bonds. The van der Waals surface area contributed by atoms with Crippen LogP contribution < -0.4 is 0 Å². The van der Waals surface area contributed by atoms with Crippen molar-refractivity contribution in [2.24, 2.45) is 0 Å². The molecule has 0 aliphatic heterocycles. The number of phenols is 1. The van der Waals surface area contributed by atoms with E-state index in [1.54, 1.807) is 0 Å². The fourth-order valence-electron chi connectivity index (χ4n) is 0.604. The average Bonchev–Trinajstić information content (AvgIpc) is 1.88. The molecule has 0 fully saturated rings. The summed E-state index contributed by atoms with van der Waals surface area (Å²) in [7, 11) is 0. The first-order valence-corrected chi connectivity index (χ1v) is 2.72. The van der Waals surface area contributed by atoms with E-state index in [9.17, 15) is 4.79 Å². The van der Waals surface area contributed by atoms with Crippen molar-refractivity contribution in [2.75, 3.05) is 0 Å². The van der Waals surface area contributed by atoms with Gasteiger partial charge in [-0.25, -0.2) is 4.79 Å². The Bertz CT molecular complexity index is 250. The number of phenolic OH excluding ortho intramolecular Hbond substituents is 1. The normalized spacial score (nSPS) is 8.36. The second kappa shape index (κ2) is 4.84. The molecule has 0 atom stereocenters. The molecular weight excluding hydrogens is 269 g/mol. The van der Waals surface area contributed by atoms with Crippen molar-refractivity contribution in [3.8, 4) is 5.75 Å². The third-order valence-electron chi connectivity index (χ3n) is 1.11. The van der Waals surface area contributed by atoms with Gasteiger partial charge in [-0.15, -0.1) is 0 Å². The largest absolute Gasteiger partial charge is 2.00 e. The van der Waals surface area contributed by atoms with Crippen molar-refractivity contribution in [1.82, 2.24) is 0 Å². The van der Waals surface area contributed by atoms with Crippen molar-refractivity contribution < 1.29 is 17.9 Å². The van der Waals surface area contributed by atoms with Crippen LogP contribution in [0.2, 0.25) is 0 Å². The summed E-state index contributed by atoms with van der Waals surface area (Å²) in [5, 5.41) is 17.1. The number of hydrogen-bond donors (Lipinski definition) is 2. The van der Waals surface area contributed by atoms with E-state index < -0.39 is 5.97 Å². The van der Waals surface area contributed by atoms with Gasteiger partial charge < -0.3 is 13.1 Å². The van der Waals surface area contributed by atoms with Crippen LogP contribution in [-0.2, 0) is 0 Å². The van der Waals surface area contributed by atoms with Crippen LogP contribution in [0.4, 0.5) is 0 Å². The molecular formula is C7H8BaO3. The first-order chi connectivity index (χ1) is 4.70. The van der Waals surface area contributed by atoms with Crippen molar-refractivity contribution >= 4 is 54.9 Å². The molecule has 0 unspecified atom stereocenters. The third kappa shape index (κ3) is 3.31. The van der Waals surface area contributed by atoms with Gasteiger partial charge in [0, 0.05) is 0 Å². The number of hydrogen-bond acceptors (Lipinski definition) is 2. The van der Waals surface area contributed by atoms with Gasteiger partial charge in [0.15, 0.2) is 0 Å². The van der Waals surface area contributed by atoms with Gasteiger partial charge in [-0.1, -0.05) is 0 Å². The number of carboxylic acids is 1. The van der Waals surface area contributed by atoms with Crippen LogP contribution in [0.3, 0.4) is 0 Å². The van der Waals surface area contributed by atoms with Gasteiger partial charge in [-0.05, 0) is 24.3 Å². The molecule has 0 radical (unpaired) electrons. The zero-order valence-corrected chi connectivity index (χ0v) is 10.3. The van der Waals surface area contributed by atoms with Gasteiger partial charge in [0.25, 0.3) is 0 Å². The molecule has 1 rings (SSSR count). The van der Waals surface area contributed by atoms with Crippen molar-refractivity contribution in [1.29, 1.82) is 0 Å². The summed E-state index contributed by atoms with van der Waals surface area (Å²) < 4.78 is 0. The van der Waals surface area contributed by atoms with Crippen LogP contribution >= 0.6 is 0 Å². The number of benzene rings is 1. The number of carboxylic acid groups (broad SMARTS) is 1. The van der Waals surface area contributed by atoms with Crippen LogP contribution in [0, 0.1) is 0 Å². The van der Waals surface area contributed by atoms with Gasteiger partial charge in [0.05, 0.1) is 5.56 Å². The van der Waals surface area contributed by atoms with E-state index in [0.717, 1.165) is 0 Å². The van der Waals surface area contributed by atoms with Gasteiger partial charge in [0.2, 0.25) is 0 Å². The van der Waals surface area contributed by atoms with E-state index in [4.69, 9.17) is 10.2 Å². The van der Waals surface area contributed by atoms with E-state index in [0.29, 0.717) is 0 Å². The number of aromatic carboxylic acids is 1. The van der Waals surface area contributed by atoms with E-state index in [-0.39, 0.29) is 63.0 Å². The summed E-state index contributed by atoms with van der Waals surface area (Å²) in [6.07, 6.45) is 0. The Balaban J connectivity index is -0.000000333. The molecule has 2 N–H and O–H groups in total. The van der Waals surface area contributed by atoms with Crippen LogP contribution in [0.5, 0.6) is 5.75 Å². The average molecular weight is 277 g/mol. The monoisotopic (exact) mass is 278 g/mol. The third-order valence-corrected chi connectivity index (χ3v) is 1.11. The topological polar surface area (TPSA) is 57.5 Å². The Morgan fingerprint density at radius 2 is 1.73 bits per heavy atom. The maximum atomic E-state index is 10.2. The van der Waals surface area contributed by atoms with Crippen LogP contribution in [0.15, 0.2) is 24.3 Å². The summed E-state index contributed by atoms with van der Waals surface area (Å²) >= 11 is 0.